The zero-order valence-corrected chi connectivity index (χ0v) is 12.3. The lowest BCUT2D eigenvalue weighted by atomic mass is 9.84. The van der Waals surface area contributed by atoms with E-state index in [0.29, 0.717) is 18.9 Å². The first kappa shape index (κ1) is 16.0. The lowest BCUT2D eigenvalue weighted by Gasteiger charge is -2.40. The summed E-state index contributed by atoms with van der Waals surface area (Å²) in [7, 11) is 0. The van der Waals surface area contributed by atoms with Crippen molar-refractivity contribution in [1.82, 2.24) is 4.90 Å². The van der Waals surface area contributed by atoms with Crippen molar-refractivity contribution in [3.63, 3.8) is 0 Å². The fraction of sp³-hybridized carbons (Fsp3) is 0.857. The molecule has 0 aliphatic carbocycles. The van der Waals surface area contributed by atoms with E-state index in [4.69, 9.17) is 5.73 Å². The fourth-order valence-corrected chi connectivity index (χ4v) is 2.46. The molecule has 1 aliphatic rings. The van der Waals surface area contributed by atoms with Crippen LogP contribution in [0.15, 0.2) is 0 Å². The van der Waals surface area contributed by atoms with Gasteiger partial charge in [-0.3, -0.25) is 4.79 Å². The van der Waals surface area contributed by atoms with Gasteiger partial charge in [-0.2, -0.15) is 0 Å². The molecule has 0 spiro atoms. The number of piperidine rings is 1. The topological polar surface area (TPSA) is 83.6 Å². The van der Waals surface area contributed by atoms with Crippen molar-refractivity contribution in [2.75, 3.05) is 6.54 Å². The second-order valence-electron chi connectivity index (χ2n) is 6.53. The monoisotopic (exact) mass is 270 g/mol. The van der Waals surface area contributed by atoms with Crippen LogP contribution in [0.1, 0.15) is 47.0 Å². The van der Waals surface area contributed by atoms with E-state index in [-0.39, 0.29) is 11.3 Å². The van der Waals surface area contributed by atoms with E-state index in [0.717, 1.165) is 12.8 Å². The molecule has 1 fully saturated rings. The van der Waals surface area contributed by atoms with Crippen LogP contribution in [0.4, 0.5) is 0 Å². The Morgan fingerprint density at radius 1 is 1.42 bits per heavy atom. The zero-order chi connectivity index (χ0) is 14.8. The van der Waals surface area contributed by atoms with Crippen LogP contribution in [0.2, 0.25) is 0 Å². The second-order valence-corrected chi connectivity index (χ2v) is 6.53. The molecular formula is C14H26N2O3. The summed E-state index contributed by atoms with van der Waals surface area (Å²) in [4.78, 5) is 25.2. The summed E-state index contributed by atoms with van der Waals surface area (Å²) in [5.41, 5.74) is 5.61. The molecule has 0 aromatic carbocycles. The number of carbonyl (C=O) groups excluding carboxylic acids is 1. The Kier molecular flexibility index (Phi) is 4.96. The quantitative estimate of drug-likeness (QED) is 0.813. The highest BCUT2D eigenvalue weighted by Crippen LogP contribution is 2.28. The van der Waals surface area contributed by atoms with Crippen LogP contribution in [0.3, 0.4) is 0 Å². The maximum absolute atomic E-state index is 12.4. The number of carboxylic acid groups (broad SMARTS) is 1. The first-order valence-electron chi connectivity index (χ1n) is 6.97. The molecule has 0 saturated carbocycles. The lowest BCUT2D eigenvalue weighted by molar-refractivity contribution is -0.154. The molecule has 0 bridgehead atoms. The molecule has 1 heterocycles. The van der Waals surface area contributed by atoms with Crippen molar-refractivity contribution in [2.45, 2.75) is 59.0 Å². The van der Waals surface area contributed by atoms with Crippen LogP contribution >= 0.6 is 0 Å². The number of amides is 1. The number of likely N-dealkylation sites (tertiary alicyclic amines) is 1. The van der Waals surface area contributed by atoms with Crippen molar-refractivity contribution in [3.8, 4) is 0 Å². The fourth-order valence-electron chi connectivity index (χ4n) is 2.46. The highest BCUT2D eigenvalue weighted by atomic mass is 16.4. The number of carbonyl (C=O) groups is 2. The largest absolute Gasteiger partial charge is 0.480 e. The van der Waals surface area contributed by atoms with Gasteiger partial charge in [0, 0.05) is 6.54 Å². The van der Waals surface area contributed by atoms with Crippen molar-refractivity contribution < 1.29 is 14.7 Å². The molecule has 3 atom stereocenters. The number of aliphatic carboxylic acids is 1. The minimum atomic E-state index is -0.924. The molecule has 1 rings (SSSR count). The standard InChI is InChI=1S/C14H26N2O3/c1-5-9-6-7-16(10(8-9)13(18)19)12(17)11(15)14(2,3)4/h9-11H,5-8,15H2,1-4H3,(H,18,19)/t9?,10?,11-/m1/s1. The third kappa shape index (κ3) is 3.69. The molecule has 5 nitrogen and oxygen atoms in total. The van der Waals surface area contributed by atoms with Gasteiger partial charge in [-0.25, -0.2) is 4.79 Å². The molecule has 3 N–H and O–H groups in total. The Morgan fingerprint density at radius 2 is 2.00 bits per heavy atom. The second kappa shape index (κ2) is 5.90. The Hall–Kier alpha value is -1.10. The third-order valence-electron chi connectivity index (χ3n) is 4.06. The molecule has 5 heteroatoms. The zero-order valence-electron chi connectivity index (χ0n) is 12.3. The van der Waals surface area contributed by atoms with Crippen LogP contribution in [-0.4, -0.2) is 40.5 Å². The van der Waals surface area contributed by atoms with E-state index in [1.54, 1.807) is 0 Å². The lowest BCUT2D eigenvalue weighted by Crippen LogP contribution is -2.57. The summed E-state index contributed by atoms with van der Waals surface area (Å²) in [6.45, 7) is 8.23. The molecule has 110 valence electrons. The molecule has 0 aromatic heterocycles. The van der Waals surface area contributed by atoms with Crippen LogP contribution in [-0.2, 0) is 9.59 Å². The molecule has 1 aliphatic heterocycles. The van der Waals surface area contributed by atoms with Crippen molar-refractivity contribution >= 4 is 11.9 Å². The molecule has 1 amide bonds. The van der Waals surface area contributed by atoms with Gasteiger partial charge in [0.15, 0.2) is 0 Å². The van der Waals surface area contributed by atoms with Gasteiger partial charge in [-0.15, -0.1) is 0 Å². The van der Waals surface area contributed by atoms with Crippen molar-refractivity contribution in [3.05, 3.63) is 0 Å². The molecule has 2 unspecified atom stereocenters. The Balaban J connectivity index is 2.86. The number of nitrogens with zero attached hydrogens (tertiary/aromatic N) is 1. The smallest absolute Gasteiger partial charge is 0.326 e. The Bertz CT molecular complexity index is 349. The minimum absolute atomic E-state index is 0.241. The number of nitrogens with two attached hydrogens (primary N) is 1. The maximum atomic E-state index is 12.4. The summed E-state index contributed by atoms with van der Waals surface area (Å²) >= 11 is 0. The van der Waals surface area contributed by atoms with Gasteiger partial charge in [0.2, 0.25) is 5.91 Å². The maximum Gasteiger partial charge on any atom is 0.326 e. The molecule has 19 heavy (non-hydrogen) atoms. The number of rotatable bonds is 3. The van der Waals surface area contributed by atoms with E-state index >= 15 is 0 Å². The Morgan fingerprint density at radius 3 is 2.42 bits per heavy atom. The first-order chi connectivity index (χ1) is 8.68. The van der Waals surface area contributed by atoms with Gasteiger partial charge in [-0.1, -0.05) is 34.1 Å². The van der Waals surface area contributed by atoms with Gasteiger partial charge in [0.25, 0.3) is 0 Å². The highest BCUT2D eigenvalue weighted by Gasteiger charge is 2.40. The van der Waals surface area contributed by atoms with E-state index in [1.807, 2.05) is 20.8 Å². The number of hydrogen-bond donors (Lipinski definition) is 2. The molecule has 1 saturated heterocycles. The Labute approximate surface area is 115 Å². The third-order valence-corrected chi connectivity index (χ3v) is 4.06. The summed E-state index contributed by atoms with van der Waals surface area (Å²) < 4.78 is 0. The summed E-state index contributed by atoms with van der Waals surface area (Å²) in [5, 5.41) is 9.32. The average Bonchev–Trinajstić information content (AvgIpc) is 2.35. The number of hydrogen-bond acceptors (Lipinski definition) is 3. The summed E-state index contributed by atoms with van der Waals surface area (Å²) in [6, 6.07) is -1.38. The minimum Gasteiger partial charge on any atom is -0.480 e. The van der Waals surface area contributed by atoms with Gasteiger partial charge in [0.1, 0.15) is 6.04 Å². The van der Waals surface area contributed by atoms with Crippen LogP contribution in [0, 0.1) is 11.3 Å². The number of carboxylic acids is 1. The normalized spacial score (nSPS) is 26.1. The summed E-state index contributed by atoms with van der Waals surface area (Å²) in [6.07, 6.45) is 2.36. The van der Waals surface area contributed by atoms with E-state index in [1.165, 1.54) is 4.90 Å². The van der Waals surface area contributed by atoms with Crippen LogP contribution < -0.4 is 5.73 Å². The van der Waals surface area contributed by atoms with E-state index < -0.39 is 18.1 Å². The van der Waals surface area contributed by atoms with Gasteiger partial charge >= 0.3 is 5.97 Å². The van der Waals surface area contributed by atoms with Crippen LogP contribution in [0.5, 0.6) is 0 Å². The van der Waals surface area contributed by atoms with Gasteiger partial charge in [0.05, 0.1) is 6.04 Å². The van der Waals surface area contributed by atoms with E-state index in [2.05, 4.69) is 6.92 Å². The molecule has 0 radical (unpaired) electrons. The molecule has 0 aromatic rings. The van der Waals surface area contributed by atoms with Crippen LogP contribution in [0.25, 0.3) is 0 Å². The first-order valence-corrected chi connectivity index (χ1v) is 6.97. The van der Waals surface area contributed by atoms with Gasteiger partial charge < -0.3 is 15.7 Å². The predicted molar refractivity (Wildman–Crippen MR) is 73.6 cm³/mol. The van der Waals surface area contributed by atoms with Crippen molar-refractivity contribution in [1.29, 1.82) is 0 Å². The average molecular weight is 270 g/mol. The molecular weight excluding hydrogens is 244 g/mol. The van der Waals surface area contributed by atoms with E-state index in [9.17, 15) is 14.7 Å². The SMILES string of the molecule is CCC1CCN(C(=O)[C@@H](N)C(C)(C)C)C(C(=O)O)C1. The van der Waals surface area contributed by atoms with Crippen molar-refractivity contribution in [2.24, 2.45) is 17.1 Å². The van der Waals surface area contributed by atoms with Gasteiger partial charge in [-0.05, 0) is 24.2 Å². The predicted octanol–water partition coefficient (Wildman–Crippen LogP) is 1.46. The summed E-state index contributed by atoms with van der Waals surface area (Å²) in [5.74, 6) is -0.780. The highest BCUT2D eigenvalue weighted by molar-refractivity contribution is 5.87.